The molecule has 3 heteroatoms. The molecule has 0 saturated carbocycles. The summed E-state index contributed by atoms with van der Waals surface area (Å²) in [6.07, 6.45) is 0.789. The van der Waals surface area contributed by atoms with Gasteiger partial charge in [-0.1, -0.05) is 13.8 Å². The van der Waals surface area contributed by atoms with Gasteiger partial charge in [-0.15, -0.1) is 0 Å². The highest BCUT2D eigenvalue weighted by Crippen LogP contribution is 2.29. The predicted molar refractivity (Wildman–Crippen MR) is 56.2 cm³/mol. The first kappa shape index (κ1) is 10.9. The molecule has 0 aliphatic carbocycles. The molecule has 0 aromatic heterocycles. The third kappa shape index (κ3) is 2.64. The van der Waals surface area contributed by atoms with Gasteiger partial charge in [-0.25, -0.2) is 0 Å². The predicted octanol–water partition coefficient (Wildman–Crippen LogP) is 2.14. The van der Waals surface area contributed by atoms with Crippen LogP contribution in [0.1, 0.15) is 31.9 Å². The van der Waals surface area contributed by atoms with Gasteiger partial charge in [-0.2, -0.15) is 0 Å². The van der Waals surface area contributed by atoms with Gasteiger partial charge in [0.25, 0.3) is 0 Å². The highest BCUT2D eigenvalue weighted by molar-refractivity contribution is 5.40. The minimum Gasteiger partial charge on any atom is -0.508 e. The van der Waals surface area contributed by atoms with Crippen molar-refractivity contribution in [3.05, 3.63) is 23.8 Å². The lowest BCUT2D eigenvalue weighted by Gasteiger charge is -2.15. The van der Waals surface area contributed by atoms with Crippen molar-refractivity contribution in [1.29, 1.82) is 0 Å². The van der Waals surface area contributed by atoms with E-state index in [0.29, 0.717) is 11.5 Å². The molecule has 0 saturated heterocycles. The Morgan fingerprint density at radius 3 is 2.50 bits per heavy atom. The first-order chi connectivity index (χ1) is 6.50. The summed E-state index contributed by atoms with van der Waals surface area (Å²) < 4.78 is 0. The lowest BCUT2D eigenvalue weighted by atomic mass is 9.97. The zero-order valence-electron chi connectivity index (χ0n) is 8.57. The Labute approximate surface area is 84.2 Å². The molecule has 0 heterocycles. The number of hydrogen-bond acceptors (Lipinski definition) is 3. The second kappa shape index (κ2) is 4.33. The molecule has 1 rings (SSSR count). The van der Waals surface area contributed by atoms with Gasteiger partial charge in [0.2, 0.25) is 0 Å². The summed E-state index contributed by atoms with van der Waals surface area (Å²) in [5.41, 5.74) is 6.50. The molecule has 0 radical (unpaired) electrons. The van der Waals surface area contributed by atoms with E-state index in [0.717, 1.165) is 6.42 Å². The van der Waals surface area contributed by atoms with Gasteiger partial charge >= 0.3 is 0 Å². The number of nitrogens with two attached hydrogens (primary N) is 1. The van der Waals surface area contributed by atoms with Crippen molar-refractivity contribution in [3.8, 4) is 11.5 Å². The molecule has 0 spiro atoms. The average molecular weight is 195 g/mol. The molecular formula is C11H17NO2. The number of phenolic OH excluding ortho intramolecular Hbond substituents is 2. The Balaban J connectivity index is 2.88. The van der Waals surface area contributed by atoms with Crippen LogP contribution in [0, 0.1) is 5.92 Å². The second-order valence-electron chi connectivity index (χ2n) is 3.98. The summed E-state index contributed by atoms with van der Waals surface area (Å²) >= 11 is 0. The normalized spacial score (nSPS) is 13.1. The molecular weight excluding hydrogens is 178 g/mol. The highest BCUT2D eigenvalue weighted by Gasteiger charge is 2.12. The van der Waals surface area contributed by atoms with Crippen LogP contribution in [0.3, 0.4) is 0 Å². The van der Waals surface area contributed by atoms with Crippen molar-refractivity contribution in [2.75, 3.05) is 0 Å². The second-order valence-corrected chi connectivity index (χ2v) is 3.98. The fourth-order valence-corrected chi connectivity index (χ4v) is 1.47. The molecule has 1 aromatic carbocycles. The summed E-state index contributed by atoms with van der Waals surface area (Å²) in [4.78, 5) is 0. The smallest absolute Gasteiger partial charge is 0.120 e. The lowest BCUT2D eigenvalue weighted by molar-refractivity contribution is 0.435. The molecule has 0 unspecified atom stereocenters. The summed E-state index contributed by atoms with van der Waals surface area (Å²) in [6, 6.07) is 4.20. The quantitative estimate of drug-likeness (QED) is 0.647. The maximum absolute atomic E-state index is 9.53. The van der Waals surface area contributed by atoms with Crippen molar-refractivity contribution in [2.45, 2.75) is 26.3 Å². The van der Waals surface area contributed by atoms with Gasteiger partial charge < -0.3 is 15.9 Å². The lowest BCUT2D eigenvalue weighted by Crippen LogP contribution is -2.12. The van der Waals surface area contributed by atoms with E-state index in [1.165, 1.54) is 18.2 Å². The number of aromatic hydroxyl groups is 2. The van der Waals surface area contributed by atoms with Crippen LogP contribution in [-0.2, 0) is 0 Å². The van der Waals surface area contributed by atoms with E-state index in [4.69, 9.17) is 5.73 Å². The van der Waals surface area contributed by atoms with Crippen LogP contribution in [0.2, 0.25) is 0 Å². The standard InChI is InChI=1S/C11H17NO2/c1-7(2)5-10(12)9-6-8(13)3-4-11(9)14/h3-4,6-7,10,13-14H,5,12H2,1-2H3/t10-/m1/s1. The average Bonchev–Trinajstić information content (AvgIpc) is 2.08. The summed E-state index contributed by atoms with van der Waals surface area (Å²) in [5, 5.41) is 18.8. The monoisotopic (exact) mass is 195 g/mol. The van der Waals surface area contributed by atoms with Crippen molar-refractivity contribution in [3.63, 3.8) is 0 Å². The summed E-state index contributed by atoms with van der Waals surface area (Å²) in [7, 11) is 0. The SMILES string of the molecule is CC(C)C[C@@H](N)c1cc(O)ccc1O. The van der Waals surface area contributed by atoms with Crippen LogP contribution in [0.5, 0.6) is 11.5 Å². The molecule has 14 heavy (non-hydrogen) atoms. The molecule has 0 aliphatic heterocycles. The molecule has 0 bridgehead atoms. The molecule has 0 amide bonds. The topological polar surface area (TPSA) is 66.5 Å². The van der Waals surface area contributed by atoms with E-state index in [1.54, 1.807) is 0 Å². The molecule has 3 nitrogen and oxygen atoms in total. The van der Waals surface area contributed by atoms with Crippen LogP contribution in [0.15, 0.2) is 18.2 Å². The van der Waals surface area contributed by atoms with Crippen molar-refractivity contribution < 1.29 is 10.2 Å². The Morgan fingerprint density at radius 2 is 1.93 bits per heavy atom. The number of rotatable bonds is 3. The van der Waals surface area contributed by atoms with E-state index < -0.39 is 0 Å². The maximum atomic E-state index is 9.53. The zero-order chi connectivity index (χ0) is 10.7. The third-order valence-electron chi connectivity index (χ3n) is 2.14. The molecule has 0 aliphatic rings. The van der Waals surface area contributed by atoms with E-state index in [1.807, 2.05) is 0 Å². The fourth-order valence-electron chi connectivity index (χ4n) is 1.47. The molecule has 1 aromatic rings. The van der Waals surface area contributed by atoms with Gasteiger partial charge in [0.15, 0.2) is 0 Å². The number of hydrogen-bond donors (Lipinski definition) is 3. The molecule has 78 valence electrons. The van der Waals surface area contributed by atoms with Gasteiger partial charge in [0.1, 0.15) is 11.5 Å². The maximum Gasteiger partial charge on any atom is 0.120 e. The Hall–Kier alpha value is -1.22. The van der Waals surface area contributed by atoms with Gasteiger partial charge in [0.05, 0.1) is 0 Å². The summed E-state index contributed by atoms with van der Waals surface area (Å²) in [6.45, 7) is 4.14. The Bertz CT molecular complexity index is 310. The van der Waals surface area contributed by atoms with Crippen LogP contribution < -0.4 is 5.73 Å². The zero-order valence-corrected chi connectivity index (χ0v) is 8.57. The van der Waals surface area contributed by atoms with E-state index in [9.17, 15) is 10.2 Å². The number of benzene rings is 1. The number of phenols is 2. The van der Waals surface area contributed by atoms with E-state index >= 15 is 0 Å². The van der Waals surface area contributed by atoms with Gasteiger partial charge in [-0.3, -0.25) is 0 Å². The van der Waals surface area contributed by atoms with Crippen molar-refractivity contribution in [1.82, 2.24) is 0 Å². The minimum atomic E-state index is -0.220. The minimum absolute atomic E-state index is 0.136. The van der Waals surface area contributed by atoms with Gasteiger partial charge in [-0.05, 0) is 30.5 Å². The summed E-state index contributed by atoms with van der Waals surface area (Å²) in [5.74, 6) is 0.750. The van der Waals surface area contributed by atoms with E-state index in [-0.39, 0.29) is 17.5 Å². The van der Waals surface area contributed by atoms with Gasteiger partial charge in [0, 0.05) is 11.6 Å². The first-order valence-corrected chi connectivity index (χ1v) is 4.78. The largest absolute Gasteiger partial charge is 0.508 e. The Kier molecular flexibility index (Phi) is 3.36. The van der Waals surface area contributed by atoms with Crippen molar-refractivity contribution in [2.24, 2.45) is 11.7 Å². The highest BCUT2D eigenvalue weighted by atomic mass is 16.3. The van der Waals surface area contributed by atoms with Crippen molar-refractivity contribution >= 4 is 0 Å². The van der Waals surface area contributed by atoms with E-state index in [2.05, 4.69) is 13.8 Å². The molecule has 4 N–H and O–H groups in total. The Morgan fingerprint density at radius 1 is 1.29 bits per heavy atom. The molecule has 0 fully saturated rings. The first-order valence-electron chi connectivity index (χ1n) is 4.78. The fraction of sp³-hybridized carbons (Fsp3) is 0.455. The van der Waals surface area contributed by atoms with Crippen LogP contribution in [0.25, 0.3) is 0 Å². The van der Waals surface area contributed by atoms with Crippen LogP contribution >= 0.6 is 0 Å². The molecule has 1 atom stereocenters. The van der Waals surface area contributed by atoms with Crippen LogP contribution in [0.4, 0.5) is 0 Å². The third-order valence-corrected chi connectivity index (χ3v) is 2.14. The van der Waals surface area contributed by atoms with Crippen LogP contribution in [-0.4, -0.2) is 10.2 Å².